The topological polar surface area (TPSA) is 63.4 Å². The van der Waals surface area contributed by atoms with E-state index >= 15 is 0 Å². The van der Waals surface area contributed by atoms with Crippen molar-refractivity contribution >= 4 is 10.0 Å². The van der Waals surface area contributed by atoms with Gasteiger partial charge in [0.05, 0.1) is 0 Å². The Kier molecular flexibility index (Phi) is 4.95. The van der Waals surface area contributed by atoms with E-state index in [2.05, 4.69) is 0 Å². The van der Waals surface area contributed by atoms with Crippen LogP contribution >= 0.6 is 0 Å². The molecule has 2 N–H and O–H groups in total. The summed E-state index contributed by atoms with van der Waals surface area (Å²) in [6.45, 7) is 2.08. The molecule has 1 saturated heterocycles. The lowest BCUT2D eigenvalue weighted by Crippen LogP contribution is -2.38. The molecule has 1 unspecified atom stereocenters. The van der Waals surface area contributed by atoms with Crippen LogP contribution in [-0.2, 0) is 16.6 Å². The fourth-order valence-corrected chi connectivity index (χ4v) is 4.48. The fraction of sp³-hybridized carbons (Fsp3) is 0.571. The van der Waals surface area contributed by atoms with Crippen LogP contribution in [-0.4, -0.2) is 25.3 Å². The molecule has 118 valence electrons. The van der Waals surface area contributed by atoms with Crippen molar-refractivity contribution in [3.63, 3.8) is 0 Å². The van der Waals surface area contributed by atoms with Crippen LogP contribution in [0, 0.1) is 11.6 Å². The Bertz CT molecular complexity index is 620. The molecule has 1 aliphatic rings. The van der Waals surface area contributed by atoms with Crippen molar-refractivity contribution < 1.29 is 17.2 Å². The molecular weight excluding hydrogens is 298 g/mol. The largest absolute Gasteiger partial charge is 0.326 e. The Morgan fingerprint density at radius 2 is 2.00 bits per heavy atom. The molecular formula is C14H20F2N2O2S. The number of hydrogen-bond donors (Lipinski definition) is 1. The maximum absolute atomic E-state index is 14.0. The lowest BCUT2D eigenvalue weighted by atomic mass is 10.1. The molecule has 0 aliphatic carbocycles. The molecule has 1 fully saturated rings. The fourth-order valence-electron chi connectivity index (χ4n) is 2.65. The van der Waals surface area contributed by atoms with Gasteiger partial charge in [0.15, 0.2) is 11.6 Å². The zero-order valence-corrected chi connectivity index (χ0v) is 12.8. The zero-order chi connectivity index (χ0) is 15.6. The molecule has 0 spiro atoms. The molecule has 0 bridgehead atoms. The van der Waals surface area contributed by atoms with E-state index in [0.29, 0.717) is 6.54 Å². The van der Waals surface area contributed by atoms with Gasteiger partial charge in [-0.3, -0.25) is 0 Å². The summed E-state index contributed by atoms with van der Waals surface area (Å²) in [6.07, 6.45) is 3.33. The molecule has 1 heterocycles. The van der Waals surface area contributed by atoms with Gasteiger partial charge < -0.3 is 5.73 Å². The monoisotopic (exact) mass is 318 g/mol. The van der Waals surface area contributed by atoms with E-state index in [9.17, 15) is 17.2 Å². The highest BCUT2D eigenvalue weighted by atomic mass is 32.2. The summed E-state index contributed by atoms with van der Waals surface area (Å²) in [5.74, 6) is -2.51. The van der Waals surface area contributed by atoms with E-state index in [4.69, 9.17) is 5.73 Å². The minimum atomic E-state index is -4.06. The molecule has 1 aromatic rings. The van der Waals surface area contributed by atoms with Gasteiger partial charge in [-0.05, 0) is 37.5 Å². The van der Waals surface area contributed by atoms with Crippen molar-refractivity contribution in [3.05, 3.63) is 29.3 Å². The van der Waals surface area contributed by atoms with Crippen molar-refractivity contribution in [2.75, 3.05) is 6.54 Å². The Hall–Kier alpha value is -1.05. The van der Waals surface area contributed by atoms with Gasteiger partial charge in [-0.1, -0.05) is 12.8 Å². The van der Waals surface area contributed by atoms with Crippen molar-refractivity contribution in [3.8, 4) is 0 Å². The third kappa shape index (κ3) is 3.25. The summed E-state index contributed by atoms with van der Waals surface area (Å²) in [5.41, 5.74) is 5.67. The van der Waals surface area contributed by atoms with Crippen LogP contribution in [0.1, 0.15) is 38.2 Å². The van der Waals surface area contributed by atoms with Crippen LogP contribution < -0.4 is 5.73 Å². The summed E-state index contributed by atoms with van der Waals surface area (Å²) in [4.78, 5) is -0.614. The second kappa shape index (κ2) is 6.37. The highest BCUT2D eigenvalue weighted by Gasteiger charge is 2.33. The molecule has 0 saturated carbocycles. The van der Waals surface area contributed by atoms with Crippen LogP contribution in [0.2, 0.25) is 0 Å². The van der Waals surface area contributed by atoms with Gasteiger partial charge in [0, 0.05) is 19.1 Å². The average Bonchev–Trinajstić information content (AvgIpc) is 2.66. The molecule has 7 heteroatoms. The Balaban J connectivity index is 2.50. The van der Waals surface area contributed by atoms with E-state index in [0.717, 1.165) is 37.8 Å². The van der Waals surface area contributed by atoms with Gasteiger partial charge in [0.1, 0.15) is 4.90 Å². The van der Waals surface area contributed by atoms with E-state index in [1.165, 1.54) is 4.31 Å². The predicted octanol–water partition coefficient (Wildman–Crippen LogP) is 2.38. The van der Waals surface area contributed by atoms with Gasteiger partial charge in [-0.2, -0.15) is 4.31 Å². The molecule has 0 amide bonds. The minimum absolute atomic E-state index is 0.0464. The normalized spacial score (nSPS) is 21.2. The second-order valence-corrected chi connectivity index (χ2v) is 7.27. The average molecular weight is 318 g/mol. The Morgan fingerprint density at radius 1 is 1.29 bits per heavy atom. The number of nitrogens with two attached hydrogens (primary N) is 1. The van der Waals surface area contributed by atoms with Gasteiger partial charge in [0.2, 0.25) is 10.0 Å². The third-order valence-electron chi connectivity index (χ3n) is 3.87. The maximum atomic E-state index is 14.0. The van der Waals surface area contributed by atoms with Crippen LogP contribution in [0.15, 0.2) is 17.0 Å². The van der Waals surface area contributed by atoms with Gasteiger partial charge >= 0.3 is 0 Å². The van der Waals surface area contributed by atoms with E-state index in [1.807, 2.05) is 0 Å². The van der Waals surface area contributed by atoms with Crippen molar-refractivity contribution in [1.82, 2.24) is 4.31 Å². The number of sulfonamides is 1. The zero-order valence-electron chi connectivity index (χ0n) is 12.0. The molecule has 0 radical (unpaired) electrons. The standard InChI is InChI=1S/C14H20F2N2O2S/c1-10-5-3-2-4-6-18(10)21(19,20)13-8-11(9-17)7-12(15)14(13)16/h7-8,10H,2-6,9,17H2,1H3. The van der Waals surface area contributed by atoms with E-state index in [1.54, 1.807) is 6.92 Å². The van der Waals surface area contributed by atoms with Crippen LogP contribution in [0.5, 0.6) is 0 Å². The Labute approximate surface area is 124 Å². The summed E-state index contributed by atoms with van der Waals surface area (Å²) in [5, 5.41) is 0. The van der Waals surface area contributed by atoms with Crippen LogP contribution in [0.3, 0.4) is 0 Å². The number of halogens is 2. The predicted molar refractivity (Wildman–Crippen MR) is 76.1 cm³/mol. The first-order valence-corrected chi connectivity index (χ1v) is 8.51. The number of benzene rings is 1. The number of rotatable bonds is 3. The van der Waals surface area contributed by atoms with Gasteiger partial charge in [-0.15, -0.1) is 0 Å². The maximum Gasteiger partial charge on any atom is 0.246 e. The van der Waals surface area contributed by atoms with Crippen molar-refractivity contribution in [2.45, 2.75) is 50.1 Å². The van der Waals surface area contributed by atoms with Crippen molar-refractivity contribution in [1.29, 1.82) is 0 Å². The SMILES string of the molecule is CC1CCCCCN1S(=O)(=O)c1cc(CN)cc(F)c1F. The molecule has 0 aromatic heterocycles. The highest BCUT2D eigenvalue weighted by molar-refractivity contribution is 7.89. The molecule has 2 rings (SSSR count). The summed E-state index contributed by atoms with van der Waals surface area (Å²) in [7, 11) is -4.06. The quantitative estimate of drug-likeness (QED) is 0.930. The number of hydrogen-bond acceptors (Lipinski definition) is 3. The molecule has 1 aromatic carbocycles. The molecule has 21 heavy (non-hydrogen) atoms. The molecule has 1 atom stereocenters. The first kappa shape index (κ1) is 16.3. The molecule has 4 nitrogen and oxygen atoms in total. The third-order valence-corrected chi connectivity index (χ3v) is 5.88. The first-order valence-electron chi connectivity index (χ1n) is 7.07. The first-order chi connectivity index (χ1) is 9.87. The van der Waals surface area contributed by atoms with Crippen LogP contribution in [0.4, 0.5) is 8.78 Å². The van der Waals surface area contributed by atoms with E-state index < -0.39 is 26.6 Å². The lowest BCUT2D eigenvalue weighted by molar-refractivity contribution is 0.339. The van der Waals surface area contributed by atoms with E-state index in [-0.39, 0.29) is 18.2 Å². The lowest BCUT2D eigenvalue weighted by Gasteiger charge is -2.26. The highest BCUT2D eigenvalue weighted by Crippen LogP contribution is 2.28. The second-order valence-electron chi connectivity index (χ2n) is 5.41. The Morgan fingerprint density at radius 3 is 2.67 bits per heavy atom. The minimum Gasteiger partial charge on any atom is -0.326 e. The summed E-state index contributed by atoms with van der Waals surface area (Å²) in [6, 6.07) is 1.84. The summed E-state index contributed by atoms with van der Waals surface area (Å²) < 4.78 is 54.2. The number of nitrogens with zero attached hydrogens (tertiary/aromatic N) is 1. The smallest absolute Gasteiger partial charge is 0.246 e. The van der Waals surface area contributed by atoms with Gasteiger partial charge in [0.25, 0.3) is 0 Å². The molecule has 1 aliphatic heterocycles. The van der Waals surface area contributed by atoms with Crippen molar-refractivity contribution in [2.24, 2.45) is 5.73 Å². The van der Waals surface area contributed by atoms with Gasteiger partial charge in [-0.25, -0.2) is 17.2 Å². The van der Waals surface area contributed by atoms with Crippen LogP contribution in [0.25, 0.3) is 0 Å². The summed E-state index contributed by atoms with van der Waals surface area (Å²) >= 11 is 0.